The van der Waals surface area contributed by atoms with Gasteiger partial charge in [0.25, 0.3) is 6.43 Å². The van der Waals surface area contributed by atoms with Crippen LogP contribution >= 0.6 is 11.8 Å². The van der Waals surface area contributed by atoms with E-state index in [1.54, 1.807) is 18.2 Å². The summed E-state index contributed by atoms with van der Waals surface area (Å²) >= 11 is 0.965. The molecule has 0 aromatic heterocycles. The standard InChI is InChI=1S/C14H13F2N3O4S/c15-11(16)7-23-9-4-2-1-3-8(9)6-17-19-14-18-13(22)10(24-14)5-12(20)21/h1-4,6,10-11H,5,7H2,(H,20,21)(H,18,19,22). The number of ether oxygens (including phenoxy) is 1. The SMILES string of the molecule is O=C(O)CC1SC(=NN=Cc2ccccc2OCC(F)F)NC1=O. The molecule has 128 valence electrons. The molecule has 1 aliphatic rings. The Morgan fingerprint density at radius 2 is 2.21 bits per heavy atom. The van der Waals surface area contributed by atoms with Gasteiger partial charge >= 0.3 is 5.97 Å². The van der Waals surface area contributed by atoms with Gasteiger partial charge < -0.3 is 15.2 Å². The van der Waals surface area contributed by atoms with E-state index in [4.69, 9.17) is 9.84 Å². The Morgan fingerprint density at radius 3 is 2.92 bits per heavy atom. The molecule has 0 bridgehead atoms. The Morgan fingerprint density at radius 1 is 1.46 bits per heavy atom. The average Bonchev–Trinajstić information content (AvgIpc) is 2.85. The Balaban J connectivity index is 2.01. The lowest BCUT2D eigenvalue weighted by atomic mass is 10.2. The lowest BCUT2D eigenvalue weighted by Crippen LogP contribution is -2.26. The van der Waals surface area contributed by atoms with Crippen LogP contribution in [-0.2, 0) is 9.59 Å². The second kappa shape index (κ2) is 8.39. The van der Waals surface area contributed by atoms with Crippen molar-refractivity contribution in [2.75, 3.05) is 6.61 Å². The molecule has 1 aromatic rings. The maximum absolute atomic E-state index is 12.2. The molecule has 0 spiro atoms. The van der Waals surface area contributed by atoms with E-state index in [0.29, 0.717) is 5.56 Å². The number of amidine groups is 1. The molecule has 24 heavy (non-hydrogen) atoms. The van der Waals surface area contributed by atoms with Crippen LogP contribution in [0.2, 0.25) is 0 Å². The van der Waals surface area contributed by atoms with E-state index in [-0.39, 0.29) is 17.3 Å². The Kier molecular flexibility index (Phi) is 6.24. The molecule has 1 saturated heterocycles. The first-order valence-corrected chi connectivity index (χ1v) is 7.64. The van der Waals surface area contributed by atoms with E-state index in [9.17, 15) is 18.4 Å². The van der Waals surface area contributed by atoms with Crippen molar-refractivity contribution in [3.63, 3.8) is 0 Å². The third-order valence-corrected chi connectivity index (χ3v) is 3.84. The normalized spacial score (nSPS) is 19.2. The molecule has 1 heterocycles. The summed E-state index contributed by atoms with van der Waals surface area (Å²) in [6.07, 6.45) is -1.61. The van der Waals surface area contributed by atoms with E-state index in [1.165, 1.54) is 12.3 Å². The Labute approximate surface area is 139 Å². The van der Waals surface area contributed by atoms with Crippen molar-refractivity contribution in [1.29, 1.82) is 0 Å². The molecule has 0 radical (unpaired) electrons. The number of hydrogen-bond acceptors (Lipinski definition) is 6. The molecule has 2 rings (SSSR count). The number of halogens is 2. The smallest absolute Gasteiger partial charge is 0.305 e. The average molecular weight is 357 g/mol. The second-order valence-corrected chi connectivity index (χ2v) is 5.77. The summed E-state index contributed by atoms with van der Waals surface area (Å²) in [6.45, 7) is -0.734. The molecule has 0 saturated carbocycles. The molecular weight excluding hydrogens is 344 g/mol. The van der Waals surface area contributed by atoms with Crippen LogP contribution in [0.4, 0.5) is 8.78 Å². The van der Waals surface area contributed by atoms with Crippen LogP contribution in [0.25, 0.3) is 0 Å². The van der Waals surface area contributed by atoms with Gasteiger partial charge in [-0.05, 0) is 12.1 Å². The van der Waals surface area contributed by atoms with Crippen LogP contribution in [0, 0.1) is 0 Å². The summed E-state index contributed by atoms with van der Waals surface area (Å²) in [5.41, 5.74) is 0.443. The van der Waals surface area contributed by atoms with Crippen molar-refractivity contribution in [3.05, 3.63) is 29.8 Å². The number of nitrogens with zero attached hydrogens (tertiary/aromatic N) is 2. The lowest BCUT2D eigenvalue weighted by Gasteiger charge is -2.07. The van der Waals surface area contributed by atoms with E-state index >= 15 is 0 Å². The number of carbonyl (C=O) groups is 2. The highest BCUT2D eigenvalue weighted by Gasteiger charge is 2.32. The van der Waals surface area contributed by atoms with Crippen molar-refractivity contribution >= 4 is 35.0 Å². The summed E-state index contributed by atoms with van der Waals surface area (Å²) in [5, 5.41) is 18.1. The van der Waals surface area contributed by atoms with E-state index < -0.39 is 30.2 Å². The number of carbonyl (C=O) groups excluding carboxylic acids is 1. The number of alkyl halides is 2. The zero-order valence-corrected chi connectivity index (χ0v) is 13.0. The zero-order chi connectivity index (χ0) is 17.5. The largest absolute Gasteiger partial charge is 0.487 e. The summed E-state index contributed by atoms with van der Waals surface area (Å²) in [6, 6.07) is 6.44. The van der Waals surface area contributed by atoms with E-state index in [0.717, 1.165) is 11.8 Å². The molecule has 1 aromatic carbocycles. The number of para-hydroxylation sites is 1. The first-order valence-electron chi connectivity index (χ1n) is 6.76. The summed E-state index contributed by atoms with van der Waals surface area (Å²) < 4.78 is 29.4. The van der Waals surface area contributed by atoms with Gasteiger partial charge in [-0.15, -0.1) is 5.10 Å². The van der Waals surface area contributed by atoms with Crippen LogP contribution in [0.1, 0.15) is 12.0 Å². The highest BCUT2D eigenvalue weighted by molar-refractivity contribution is 8.15. The third-order valence-electron chi connectivity index (χ3n) is 2.77. The van der Waals surface area contributed by atoms with Crippen LogP contribution in [0.5, 0.6) is 5.75 Å². The van der Waals surface area contributed by atoms with Gasteiger partial charge in [-0.3, -0.25) is 9.59 Å². The van der Waals surface area contributed by atoms with Gasteiger partial charge in [-0.25, -0.2) is 8.78 Å². The van der Waals surface area contributed by atoms with Crippen molar-refractivity contribution < 1.29 is 28.2 Å². The lowest BCUT2D eigenvalue weighted by molar-refractivity contribution is -0.138. The van der Waals surface area contributed by atoms with Gasteiger partial charge in [0.2, 0.25) is 5.91 Å². The number of carboxylic acid groups (broad SMARTS) is 1. The van der Waals surface area contributed by atoms with Crippen molar-refractivity contribution in [2.24, 2.45) is 10.2 Å². The predicted molar refractivity (Wildman–Crippen MR) is 84.7 cm³/mol. The minimum atomic E-state index is -2.59. The fraction of sp³-hybridized carbons (Fsp3) is 0.286. The molecule has 10 heteroatoms. The molecule has 7 nitrogen and oxygen atoms in total. The third kappa shape index (κ3) is 5.30. The van der Waals surface area contributed by atoms with Gasteiger partial charge in [0.1, 0.15) is 17.6 Å². The number of nitrogens with one attached hydrogen (secondary N) is 1. The molecule has 1 unspecified atom stereocenters. The fourth-order valence-corrected chi connectivity index (χ4v) is 2.68. The monoisotopic (exact) mass is 357 g/mol. The molecule has 1 atom stereocenters. The number of benzene rings is 1. The highest BCUT2D eigenvalue weighted by atomic mass is 32.2. The van der Waals surface area contributed by atoms with Crippen molar-refractivity contribution in [1.82, 2.24) is 5.32 Å². The number of thioether (sulfide) groups is 1. The molecule has 0 aliphatic carbocycles. The fourth-order valence-electron chi connectivity index (χ4n) is 1.76. The van der Waals surface area contributed by atoms with Crippen LogP contribution < -0.4 is 10.1 Å². The van der Waals surface area contributed by atoms with Gasteiger partial charge in [-0.2, -0.15) is 5.10 Å². The summed E-state index contributed by atoms with van der Waals surface area (Å²) in [4.78, 5) is 22.2. The molecule has 1 aliphatic heterocycles. The number of rotatable bonds is 7. The van der Waals surface area contributed by atoms with Gasteiger partial charge in [0.05, 0.1) is 12.6 Å². The van der Waals surface area contributed by atoms with Gasteiger partial charge in [0, 0.05) is 5.56 Å². The maximum Gasteiger partial charge on any atom is 0.305 e. The van der Waals surface area contributed by atoms with Crippen molar-refractivity contribution in [3.8, 4) is 5.75 Å². The first-order chi connectivity index (χ1) is 11.5. The molecular formula is C14H13F2N3O4S. The summed E-state index contributed by atoms with van der Waals surface area (Å²) in [7, 11) is 0. The Hall–Kier alpha value is -2.49. The number of aliphatic carboxylic acids is 1. The summed E-state index contributed by atoms with van der Waals surface area (Å²) in [5.74, 6) is -1.30. The van der Waals surface area contributed by atoms with Crippen LogP contribution in [0.15, 0.2) is 34.5 Å². The first kappa shape index (κ1) is 17.9. The van der Waals surface area contributed by atoms with Gasteiger partial charge in [-0.1, -0.05) is 23.9 Å². The molecule has 1 amide bonds. The minimum Gasteiger partial charge on any atom is -0.487 e. The van der Waals surface area contributed by atoms with E-state index in [1.807, 2.05) is 0 Å². The Bertz CT molecular complexity index is 682. The quantitative estimate of drug-likeness (QED) is 0.572. The second-order valence-electron chi connectivity index (χ2n) is 4.58. The van der Waals surface area contributed by atoms with Gasteiger partial charge in [0.15, 0.2) is 5.17 Å². The zero-order valence-electron chi connectivity index (χ0n) is 12.2. The molecule has 1 fully saturated rings. The number of hydrogen-bond donors (Lipinski definition) is 2. The van der Waals surface area contributed by atoms with E-state index in [2.05, 4.69) is 15.5 Å². The predicted octanol–water partition coefficient (Wildman–Crippen LogP) is 1.73. The molecule has 2 N–H and O–H groups in total. The minimum absolute atomic E-state index is 0.175. The van der Waals surface area contributed by atoms with Crippen LogP contribution in [-0.4, -0.2) is 46.6 Å². The topological polar surface area (TPSA) is 100 Å². The number of carboxylic acids is 1. The highest BCUT2D eigenvalue weighted by Crippen LogP contribution is 2.22. The van der Waals surface area contributed by atoms with Crippen LogP contribution in [0.3, 0.4) is 0 Å². The van der Waals surface area contributed by atoms with Crippen molar-refractivity contribution in [2.45, 2.75) is 18.1 Å². The maximum atomic E-state index is 12.2. The number of amides is 1.